The summed E-state index contributed by atoms with van der Waals surface area (Å²) in [6.07, 6.45) is 4.20. The van der Waals surface area contributed by atoms with Gasteiger partial charge in [0.1, 0.15) is 12.1 Å². The lowest BCUT2D eigenvalue weighted by Crippen LogP contribution is -2.43. The molecule has 0 spiro atoms. The molecule has 20 heavy (non-hydrogen) atoms. The van der Waals surface area contributed by atoms with Crippen molar-refractivity contribution in [1.82, 2.24) is 9.55 Å². The molecular weight excluding hydrogens is 260 g/mol. The second kappa shape index (κ2) is 7.16. The zero-order valence-electron chi connectivity index (χ0n) is 12.1. The fraction of sp³-hybridized carbons (Fsp3) is 0.615. The quantitative estimate of drug-likeness (QED) is 0.548. The second-order valence-electron chi connectivity index (χ2n) is 4.96. The summed E-state index contributed by atoms with van der Waals surface area (Å²) in [6, 6.07) is -1.73. The number of hydrogen-bond donors (Lipinski definition) is 2. The molecule has 0 aliphatic carbocycles. The summed E-state index contributed by atoms with van der Waals surface area (Å²) in [6.45, 7) is 3.74. The number of aromatic nitrogens is 2. The summed E-state index contributed by atoms with van der Waals surface area (Å²) < 4.78 is 6.48. The Hall–Kier alpha value is -1.73. The van der Waals surface area contributed by atoms with Crippen LogP contribution in [0.25, 0.3) is 0 Å². The number of carbonyl (C=O) groups is 2. The summed E-state index contributed by atoms with van der Waals surface area (Å²) in [5.74, 6) is -1.55. The molecule has 0 fully saturated rings. The summed E-state index contributed by atoms with van der Waals surface area (Å²) in [7, 11) is 1.80. The van der Waals surface area contributed by atoms with Gasteiger partial charge >= 0.3 is 11.9 Å². The highest BCUT2D eigenvalue weighted by atomic mass is 16.6. The molecule has 0 bridgehead atoms. The zero-order chi connectivity index (χ0) is 15.3. The predicted octanol–water partition coefficient (Wildman–Crippen LogP) is -0.267. The molecule has 0 unspecified atom stereocenters. The number of esters is 2. The van der Waals surface area contributed by atoms with Crippen molar-refractivity contribution in [1.29, 1.82) is 0 Å². The first-order valence-electron chi connectivity index (χ1n) is 6.58. The molecule has 1 heterocycles. The highest BCUT2D eigenvalue weighted by Gasteiger charge is 2.26. The fourth-order valence-electron chi connectivity index (χ4n) is 1.62. The van der Waals surface area contributed by atoms with Crippen molar-refractivity contribution in [2.45, 2.75) is 38.8 Å². The minimum absolute atomic E-state index is 0.0522. The molecule has 7 nitrogen and oxygen atoms in total. The van der Waals surface area contributed by atoms with Crippen molar-refractivity contribution in [3.05, 3.63) is 18.2 Å². The Kier molecular flexibility index (Phi) is 5.84. The van der Waals surface area contributed by atoms with Crippen LogP contribution in [0.2, 0.25) is 0 Å². The van der Waals surface area contributed by atoms with Crippen LogP contribution in [0.15, 0.2) is 12.5 Å². The summed E-state index contributed by atoms with van der Waals surface area (Å²) in [4.78, 5) is 27.4. The van der Waals surface area contributed by atoms with Crippen LogP contribution in [0.3, 0.4) is 0 Å². The third kappa shape index (κ3) is 4.14. The van der Waals surface area contributed by atoms with Gasteiger partial charge in [-0.2, -0.15) is 0 Å². The average molecular weight is 282 g/mol. The van der Waals surface area contributed by atoms with Gasteiger partial charge < -0.3 is 20.8 Å². The van der Waals surface area contributed by atoms with Gasteiger partial charge in [-0.15, -0.1) is 0 Å². The molecule has 7 heteroatoms. The van der Waals surface area contributed by atoms with E-state index in [1.807, 2.05) is 13.8 Å². The Balaban J connectivity index is 2.54. The van der Waals surface area contributed by atoms with Crippen LogP contribution in [-0.2, 0) is 27.8 Å². The monoisotopic (exact) mass is 282 g/mol. The van der Waals surface area contributed by atoms with E-state index in [1.54, 1.807) is 24.1 Å². The first-order chi connectivity index (χ1) is 9.36. The smallest absolute Gasteiger partial charge is 0.330 e. The van der Waals surface area contributed by atoms with E-state index in [4.69, 9.17) is 16.2 Å². The average Bonchev–Trinajstić information content (AvgIpc) is 2.82. The third-order valence-corrected chi connectivity index (χ3v) is 3.38. The minimum Gasteiger partial charge on any atom is -0.391 e. The van der Waals surface area contributed by atoms with Crippen molar-refractivity contribution < 1.29 is 14.3 Å². The van der Waals surface area contributed by atoms with Crippen molar-refractivity contribution in [2.24, 2.45) is 24.4 Å². The van der Waals surface area contributed by atoms with E-state index in [-0.39, 0.29) is 12.3 Å². The van der Waals surface area contributed by atoms with Crippen molar-refractivity contribution in [3.63, 3.8) is 0 Å². The predicted molar refractivity (Wildman–Crippen MR) is 73.4 cm³/mol. The number of carbonyl (C=O) groups excluding carboxylic acids is 2. The van der Waals surface area contributed by atoms with E-state index in [1.165, 1.54) is 0 Å². The maximum absolute atomic E-state index is 11.8. The summed E-state index contributed by atoms with van der Waals surface area (Å²) in [5, 5.41) is 0. The van der Waals surface area contributed by atoms with Crippen LogP contribution in [0, 0.1) is 5.92 Å². The molecule has 0 saturated carbocycles. The number of nitrogens with zero attached hydrogens (tertiary/aromatic N) is 2. The lowest BCUT2D eigenvalue weighted by Gasteiger charge is -2.17. The van der Waals surface area contributed by atoms with Gasteiger partial charge in [-0.25, -0.2) is 14.6 Å². The maximum atomic E-state index is 11.8. The first kappa shape index (κ1) is 16.3. The van der Waals surface area contributed by atoms with Crippen LogP contribution in [0.1, 0.15) is 26.0 Å². The lowest BCUT2D eigenvalue weighted by atomic mass is 10.0. The Morgan fingerprint density at radius 2 is 2.05 bits per heavy atom. The van der Waals surface area contributed by atoms with Crippen LogP contribution < -0.4 is 11.5 Å². The Morgan fingerprint density at radius 1 is 1.40 bits per heavy atom. The summed E-state index contributed by atoms with van der Waals surface area (Å²) >= 11 is 0. The van der Waals surface area contributed by atoms with Gasteiger partial charge in [0.25, 0.3) is 0 Å². The molecule has 3 atom stereocenters. The standard InChI is InChI=1S/C13H22N4O3/c1-4-8(2)11(15)13(19)20-12(18)10(14)5-9-6-16-7-17(9)3/h6-8,10-11H,4-5,14-15H2,1-3H3/t8-,10-,11-/m0/s1. The number of nitrogens with two attached hydrogens (primary N) is 2. The SMILES string of the molecule is CC[C@H](C)[C@H](N)C(=O)OC(=O)[C@@H](N)Cc1cncn1C. The molecule has 4 N–H and O–H groups in total. The fourth-order valence-corrected chi connectivity index (χ4v) is 1.62. The molecule has 0 amide bonds. The van der Waals surface area contributed by atoms with Gasteiger partial charge in [-0.1, -0.05) is 20.3 Å². The highest BCUT2D eigenvalue weighted by Crippen LogP contribution is 2.08. The van der Waals surface area contributed by atoms with Gasteiger partial charge in [0, 0.05) is 25.4 Å². The topological polar surface area (TPSA) is 113 Å². The Morgan fingerprint density at radius 3 is 2.55 bits per heavy atom. The van der Waals surface area contributed by atoms with Crippen molar-refractivity contribution in [2.75, 3.05) is 0 Å². The van der Waals surface area contributed by atoms with E-state index >= 15 is 0 Å². The molecule has 112 valence electrons. The van der Waals surface area contributed by atoms with Crippen LogP contribution >= 0.6 is 0 Å². The zero-order valence-corrected chi connectivity index (χ0v) is 12.1. The molecule has 0 aliphatic heterocycles. The van der Waals surface area contributed by atoms with Gasteiger partial charge in [-0.3, -0.25) is 0 Å². The summed E-state index contributed by atoms with van der Waals surface area (Å²) in [5.41, 5.74) is 12.2. The first-order valence-corrected chi connectivity index (χ1v) is 6.58. The highest BCUT2D eigenvalue weighted by molar-refractivity contribution is 5.90. The van der Waals surface area contributed by atoms with Crippen LogP contribution in [-0.4, -0.2) is 33.6 Å². The molecular formula is C13H22N4O3. The van der Waals surface area contributed by atoms with Gasteiger partial charge in [0.05, 0.1) is 6.33 Å². The number of imidazole rings is 1. The normalized spacial score (nSPS) is 15.4. The van der Waals surface area contributed by atoms with Gasteiger partial charge in [0.15, 0.2) is 0 Å². The Bertz CT molecular complexity index is 472. The van der Waals surface area contributed by atoms with E-state index in [9.17, 15) is 9.59 Å². The molecule has 0 aliphatic rings. The molecule has 0 aromatic carbocycles. The second-order valence-corrected chi connectivity index (χ2v) is 4.96. The number of rotatable bonds is 6. The molecule has 0 radical (unpaired) electrons. The number of hydrogen-bond acceptors (Lipinski definition) is 6. The molecule has 1 aromatic rings. The lowest BCUT2D eigenvalue weighted by molar-refractivity contribution is -0.162. The maximum Gasteiger partial charge on any atom is 0.330 e. The van der Waals surface area contributed by atoms with Gasteiger partial charge in [-0.05, 0) is 5.92 Å². The molecule has 1 rings (SSSR count). The molecule has 0 saturated heterocycles. The minimum atomic E-state index is -0.918. The van der Waals surface area contributed by atoms with Crippen LogP contribution in [0.4, 0.5) is 0 Å². The van der Waals surface area contributed by atoms with E-state index < -0.39 is 24.0 Å². The van der Waals surface area contributed by atoms with E-state index in [2.05, 4.69) is 4.98 Å². The number of ether oxygens (including phenoxy) is 1. The van der Waals surface area contributed by atoms with E-state index in [0.717, 1.165) is 12.1 Å². The number of aryl methyl sites for hydroxylation is 1. The Labute approximate surface area is 118 Å². The van der Waals surface area contributed by atoms with Gasteiger partial charge in [0.2, 0.25) is 0 Å². The van der Waals surface area contributed by atoms with E-state index in [0.29, 0.717) is 0 Å². The van der Waals surface area contributed by atoms with Crippen molar-refractivity contribution in [3.8, 4) is 0 Å². The molecule has 1 aromatic heterocycles. The largest absolute Gasteiger partial charge is 0.391 e. The van der Waals surface area contributed by atoms with Crippen molar-refractivity contribution >= 4 is 11.9 Å². The van der Waals surface area contributed by atoms with Crippen LogP contribution in [0.5, 0.6) is 0 Å². The third-order valence-electron chi connectivity index (χ3n) is 3.38.